The van der Waals surface area contributed by atoms with E-state index < -0.39 is 12.3 Å². The number of hydrogen-bond donors (Lipinski definition) is 1. The van der Waals surface area contributed by atoms with Crippen molar-refractivity contribution in [1.29, 1.82) is 0 Å². The molecule has 0 aliphatic carbocycles. The lowest BCUT2D eigenvalue weighted by atomic mass is 9.93. The fourth-order valence-electron chi connectivity index (χ4n) is 7.51. The van der Waals surface area contributed by atoms with Crippen molar-refractivity contribution >= 4 is 45.4 Å². The summed E-state index contributed by atoms with van der Waals surface area (Å²) in [5.74, 6) is 0.725. The smallest absolute Gasteiger partial charge is 0.461 e. The first-order valence-electron chi connectivity index (χ1n) is 15.6. The van der Waals surface area contributed by atoms with Crippen LogP contribution in [0.5, 0.6) is 6.01 Å². The predicted molar refractivity (Wildman–Crippen MR) is 165 cm³/mol. The van der Waals surface area contributed by atoms with E-state index in [1.54, 1.807) is 0 Å². The van der Waals surface area contributed by atoms with Crippen LogP contribution in [0.1, 0.15) is 37.7 Å². The highest BCUT2D eigenvalue weighted by molar-refractivity contribution is 6.33. The van der Waals surface area contributed by atoms with Gasteiger partial charge in [-0.2, -0.15) is 15.1 Å². The van der Waals surface area contributed by atoms with E-state index in [2.05, 4.69) is 38.2 Å². The van der Waals surface area contributed by atoms with Crippen molar-refractivity contribution in [2.24, 2.45) is 0 Å². The Morgan fingerprint density at radius 2 is 1.95 bits per heavy atom. The summed E-state index contributed by atoms with van der Waals surface area (Å²) < 4.78 is 23.5. The third-order valence-corrected chi connectivity index (χ3v) is 9.95. The van der Waals surface area contributed by atoms with Gasteiger partial charge in [-0.05, 0) is 86.5 Å². The maximum absolute atomic E-state index is 12.7. The zero-order valence-electron chi connectivity index (χ0n) is 24.5. The van der Waals surface area contributed by atoms with Gasteiger partial charge in [-0.15, -0.1) is 0 Å². The fraction of sp³-hybridized carbons (Fsp3) is 0.500. The molecule has 4 aromatic rings. The van der Waals surface area contributed by atoms with Crippen LogP contribution >= 0.6 is 11.6 Å². The highest BCUT2D eigenvalue weighted by Gasteiger charge is 2.45. The quantitative estimate of drug-likeness (QED) is 0.310. The largest absolute Gasteiger partial charge is 0.508 e. The van der Waals surface area contributed by atoms with E-state index >= 15 is 0 Å². The first-order valence-corrected chi connectivity index (χ1v) is 15.9. The molecule has 0 saturated carbocycles. The van der Waals surface area contributed by atoms with E-state index in [1.165, 1.54) is 12.8 Å². The topological polar surface area (TPSA) is 115 Å². The molecule has 6 bridgehead atoms. The highest BCUT2D eigenvalue weighted by Crippen LogP contribution is 2.41. The maximum atomic E-state index is 12.7. The number of nitrogens with one attached hydrogen (secondary N) is 1. The Morgan fingerprint density at radius 3 is 2.84 bits per heavy atom. The van der Waals surface area contributed by atoms with E-state index in [4.69, 9.17) is 40.5 Å². The van der Waals surface area contributed by atoms with E-state index in [9.17, 15) is 4.79 Å². The summed E-state index contributed by atoms with van der Waals surface area (Å²) in [6.07, 6.45) is 6.44. The maximum Gasteiger partial charge on any atom is 0.508 e. The number of aromatic nitrogens is 4. The molecule has 7 heterocycles. The van der Waals surface area contributed by atoms with Crippen molar-refractivity contribution in [3.05, 3.63) is 41.0 Å². The number of anilines is 1. The van der Waals surface area contributed by atoms with Crippen LogP contribution in [0.4, 0.5) is 10.6 Å². The molecule has 230 valence electrons. The molecule has 0 spiro atoms. The van der Waals surface area contributed by atoms with Gasteiger partial charge >= 0.3 is 12.2 Å². The summed E-state index contributed by atoms with van der Waals surface area (Å²) in [6.45, 7) is 4.75. The third kappa shape index (κ3) is 5.00. The van der Waals surface area contributed by atoms with Crippen molar-refractivity contribution in [1.82, 2.24) is 25.1 Å². The molecule has 2 aromatic carbocycles. The van der Waals surface area contributed by atoms with Crippen LogP contribution in [-0.4, -0.2) is 95.5 Å². The van der Waals surface area contributed by atoms with Gasteiger partial charge < -0.3 is 23.8 Å². The molecule has 1 N–H and O–H groups in total. The number of fused-ring (bicyclic) bond motifs is 8. The Morgan fingerprint density at radius 1 is 1.07 bits per heavy atom. The highest BCUT2D eigenvalue weighted by atomic mass is 35.5. The second-order valence-corrected chi connectivity index (χ2v) is 12.7. The molecule has 12 heteroatoms. The number of aromatic amines is 1. The Bertz CT molecular complexity index is 1720. The van der Waals surface area contributed by atoms with E-state index in [1.807, 2.05) is 12.3 Å². The fourth-order valence-corrected chi connectivity index (χ4v) is 7.80. The number of rotatable bonds is 3. The predicted octanol–water partition coefficient (Wildman–Crippen LogP) is 5.14. The molecule has 0 radical (unpaired) electrons. The lowest BCUT2D eigenvalue weighted by molar-refractivity contribution is -0.00448. The van der Waals surface area contributed by atoms with Crippen LogP contribution in [0.15, 0.2) is 30.5 Å². The van der Waals surface area contributed by atoms with E-state index in [-0.39, 0.29) is 18.8 Å². The van der Waals surface area contributed by atoms with Crippen LogP contribution in [-0.2, 0) is 20.6 Å². The van der Waals surface area contributed by atoms with Gasteiger partial charge in [-0.25, -0.2) is 4.79 Å². The summed E-state index contributed by atoms with van der Waals surface area (Å²) in [5, 5.41) is 9.83. The number of carbonyl (C=O) groups excluding carboxylic acids is 1. The summed E-state index contributed by atoms with van der Waals surface area (Å²) in [5.41, 5.74) is 4.59. The van der Waals surface area contributed by atoms with Crippen LogP contribution in [0.2, 0.25) is 5.02 Å². The van der Waals surface area contributed by atoms with Crippen LogP contribution in [0.25, 0.3) is 32.9 Å². The average Bonchev–Trinajstić information content (AvgIpc) is 3.70. The monoisotopic (exact) mass is 618 g/mol. The molecule has 3 saturated heterocycles. The molecule has 3 fully saturated rings. The molecular weight excluding hydrogens is 584 g/mol. The van der Waals surface area contributed by atoms with Crippen molar-refractivity contribution in [2.75, 3.05) is 57.5 Å². The molecule has 0 amide bonds. The molecule has 44 heavy (non-hydrogen) atoms. The number of hydrogen-bond acceptors (Lipinski definition) is 10. The van der Waals surface area contributed by atoms with Crippen molar-refractivity contribution in [2.45, 2.75) is 50.2 Å². The third-order valence-electron chi connectivity index (χ3n) is 9.61. The van der Waals surface area contributed by atoms with Crippen molar-refractivity contribution in [3.63, 3.8) is 0 Å². The summed E-state index contributed by atoms with van der Waals surface area (Å²) in [4.78, 5) is 27.3. The Kier molecular flexibility index (Phi) is 7.19. The van der Waals surface area contributed by atoms with Gasteiger partial charge in [-0.1, -0.05) is 17.7 Å². The molecule has 11 nitrogen and oxygen atoms in total. The van der Waals surface area contributed by atoms with Gasteiger partial charge in [0.25, 0.3) is 0 Å². The zero-order valence-corrected chi connectivity index (χ0v) is 25.3. The number of nitrogens with zero attached hydrogens (tertiary/aromatic N) is 5. The molecule has 1 atom stereocenters. The standard InChI is InChI=1S/C32H35ClN6O5/c33-25-15-27-24(16-34-37-27)28-20-5-6-23-26(14-20)35-30(43-19-32-7-2-9-39(32)10-3-8-32)36-29(23)38-11-13-41-18-21(17-38)44-31(40)42-12-1-4-22(25)28/h5-6,14-16,21H,1-4,7-13,17-19H2,(H,34,37)/t21-/m0/s1. The normalized spacial score (nSPS) is 22.2. The van der Waals surface area contributed by atoms with E-state index in [0.29, 0.717) is 50.2 Å². The van der Waals surface area contributed by atoms with E-state index in [0.717, 1.165) is 70.2 Å². The summed E-state index contributed by atoms with van der Waals surface area (Å²) in [6, 6.07) is 8.51. The molecular formula is C32H35ClN6O5. The average molecular weight is 619 g/mol. The molecule has 9 rings (SSSR count). The van der Waals surface area contributed by atoms with Gasteiger partial charge in [0.2, 0.25) is 0 Å². The second kappa shape index (κ2) is 11.4. The van der Waals surface area contributed by atoms with Crippen molar-refractivity contribution in [3.8, 4) is 17.1 Å². The molecule has 0 unspecified atom stereocenters. The molecule has 2 aromatic heterocycles. The molecule has 5 aliphatic rings. The minimum absolute atomic E-state index is 0.0619. The van der Waals surface area contributed by atoms with Gasteiger partial charge in [0.05, 0.1) is 49.1 Å². The van der Waals surface area contributed by atoms with Crippen LogP contribution in [0, 0.1) is 0 Å². The first-order chi connectivity index (χ1) is 21.6. The number of halogens is 1. The zero-order chi connectivity index (χ0) is 29.7. The van der Waals surface area contributed by atoms with Crippen LogP contribution in [0.3, 0.4) is 0 Å². The Labute approximate surface area is 259 Å². The lowest BCUT2D eigenvalue weighted by Gasteiger charge is -2.31. The van der Waals surface area contributed by atoms with Crippen molar-refractivity contribution < 1.29 is 23.7 Å². The second-order valence-electron chi connectivity index (χ2n) is 12.3. The minimum atomic E-state index is -0.707. The first kappa shape index (κ1) is 27.8. The van der Waals surface area contributed by atoms with Gasteiger partial charge in [0.1, 0.15) is 18.5 Å². The van der Waals surface area contributed by atoms with Gasteiger partial charge in [0.15, 0.2) is 0 Å². The summed E-state index contributed by atoms with van der Waals surface area (Å²) in [7, 11) is 0. The van der Waals surface area contributed by atoms with Crippen LogP contribution < -0.4 is 9.64 Å². The Hall–Kier alpha value is -3.67. The SMILES string of the molecule is O=C1OCCCc2c(Cl)cc3[nH]ncc3c2-c2ccc3c(nc(OCC45CCCN4CCC5)nc3c2)N2CCOC[C@H](C2)O1. The van der Waals surface area contributed by atoms with Gasteiger partial charge in [-0.3, -0.25) is 10.00 Å². The number of ether oxygens (including phenoxy) is 4. The molecule has 5 aliphatic heterocycles. The number of benzene rings is 2. The van der Waals surface area contributed by atoms with Gasteiger partial charge in [0, 0.05) is 22.3 Å². The number of carbonyl (C=O) groups is 1. The lowest BCUT2D eigenvalue weighted by Crippen LogP contribution is -2.43. The Balaban J connectivity index is 1.27. The number of H-pyrrole nitrogens is 1. The minimum Gasteiger partial charge on any atom is -0.461 e. The summed E-state index contributed by atoms with van der Waals surface area (Å²) >= 11 is 6.86.